The van der Waals surface area contributed by atoms with E-state index < -0.39 is 0 Å². The molecular formula is C19H25N5O2. The van der Waals surface area contributed by atoms with Crippen LogP contribution in [0.15, 0.2) is 12.4 Å². The standard InChI is InChI=1S/C19H25N5O2/c1-11-8-15-16(23-24(3)17(15)12(2)26-11)19(25)20-7-6-13-9-21-18(22-10-13)14-4-5-14/h9-12,14H,4-8H2,1-3H3,(H,20,25)/t11-,12+/m1/s1. The zero-order valence-electron chi connectivity index (χ0n) is 15.5. The highest BCUT2D eigenvalue weighted by Gasteiger charge is 2.31. The van der Waals surface area contributed by atoms with Crippen LogP contribution in [0.3, 0.4) is 0 Å². The lowest BCUT2D eigenvalue weighted by molar-refractivity contribution is -0.00902. The van der Waals surface area contributed by atoms with Crippen molar-refractivity contribution in [2.24, 2.45) is 7.05 Å². The van der Waals surface area contributed by atoms with Gasteiger partial charge < -0.3 is 10.1 Å². The van der Waals surface area contributed by atoms with Crippen molar-refractivity contribution in [3.05, 3.63) is 40.7 Å². The van der Waals surface area contributed by atoms with Crippen molar-refractivity contribution >= 4 is 5.91 Å². The van der Waals surface area contributed by atoms with Crippen LogP contribution in [0.1, 0.15) is 71.8 Å². The van der Waals surface area contributed by atoms with Crippen molar-refractivity contribution in [1.82, 2.24) is 25.1 Å². The van der Waals surface area contributed by atoms with Crippen LogP contribution >= 0.6 is 0 Å². The predicted octanol–water partition coefficient (Wildman–Crippen LogP) is 2.08. The summed E-state index contributed by atoms with van der Waals surface area (Å²) in [4.78, 5) is 21.5. The molecule has 26 heavy (non-hydrogen) atoms. The molecule has 2 atom stereocenters. The predicted molar refractivity (Wildman–Crippen MR) is 95.9 cm³/mol. The summed E-state index contributed by atoms with van der Waals surface area (Å²) in [6.45, 7) is 4.57. The normalized spacial score (nSPS) is 22.1. The number of aryl methyl sites for hydroxylation is 1. The zero-order valence-corrected chi connectivity index (χ0v) is 15.5. The van der Waals surface area contributed by atoms with Gasteiger partial charge in [-0.1, -0.05) is 0 Å². The number of nitrogens with one attached hydrogen (secondary N) is 1. The zero-order chi connectivity index (χ0) is 18.3. The van der Waals surface area contributed by atoms with E-state index >= 15 is 0 Å². The van der Waals surface area contributed by atoms with Crippen LogP contribution in [0.2, 0.25) is 0 Å². The number of rotatable bonds is 5. The maximum Gasteiger partial charge on any atom is 0.272 e. The summed E-state index contributed by atoms with van der Waals surface area (Å²) >= 11 is 0. The van der Waals surface area contributed by atoms with E-state index in [1.165, 1.54) is 12.8 Å². The first-order valence-corrected chi connectivity index (χ1v) is 9.33. The number of ether oxygens (including phenoxy) is 1. The first-order chi connectivity index (χ1) is 12.5. The second kappa shape index (κ2) is 6.79. The second-order valence-corrected chi connectivity index (χ2v) is 7.36. The molecule has 138 valence electrons. The average molecular weight is 355 g/mol. The van der Waals surface area contributed by atoms with Gasteiger partial charge in [-0.25, -0.2) is 9.97 Å². The molecule has 1 fully saturated rings. The molecule has 1 aliphatic heterocycles. The van der Waals surface area contributed by atoms with E-state index in [0.717, 1.165) is 22.6 Å². The van der Waals surface area contributed by atoms with Crippen molar-refractivity contribution in [3.63, 3.8) is 0 Å². The quantitative estimate of drug-likeness (QED) is 0.888. The molecule has 7 heteroatoms. The highest BCUT2D eigenvalue weighted by molar-refractivity contribution is 5.94. The molecule has 0 radical (unpaired) electrons. The highest BCUT2D eigenvalue weighted by atomic mass is 16.5. The Kier molecular flexibility index (Phi) is 4.48. The fourth-order valence-electron chi connectivity index (χ4n) is 3.67. The second-order valence-electron chi connectivity index (χ2n) is 7.36. The van der Waals surface area contributed by atoms with E-state index in [2.05, 4.69) is 20.4 Å². The van der Waals surface area contributed by atoms with Gasteiger partial charge in [0.2, 0.25) is 0 Å². The molecule has 1 N–H and O–H groups in total. The lowest BCUT2D eigenvalue weighted by atomic mass is 9.99. The molecule has 3 heterocycles. The summed E-state index contributed by atoms with van der Waals surface area (Å²) in [7, 11) is 1.87. The van der Waals surface area contributed by atoms with Crippen LogP contribution in [0.5, 0.6) is 0 Å². The van der Waals surface area contributed by atoms with Gasteiger partial charge in [0.1, 0.15) is 5.82 Å². The van der Waals surface area contributed by atoms with Crippen LogP contribution in [0.25, 0.3) is 0 Å². The maximum absolute atomic E-state index is 12.6. The van der Waals surface area contributed by atoms with E-state index in [1.807, 2.05) is 33.3 Å². The fraction of sp³-hybridized carbons (Fsp3) is 0.579. The number of carbonyl (C=O) groups excluding carboxylic acids is 1. The van der Waals surface area contributed by atoms with Gasteiger partial charge in [0.25, 0.3) is 5.91 Å². The van der Waals surface area contributed by atoms with Gasteiger partial charge in [-0.2, -0.15) is 5.10 Å². The first kappa shape index (κ1) is 17.1. The maximum atomic E-state index is 12.6. The summed E-state index contributed by atoms with van der Waals surface area (Å²) in [5, 5.41) is 7.42. The van der Waals surface area contributed by atoms with Gasteiger partial charge in [-0.15, -0.1) is 0 Å². The highest BCUT2D eigenvalue weighted by Crippen LogP contribution is 2.37. The molecule has 7 nitrogen and oxygen atoms in total. The summed E-state index contributed by atoms with van der Waals surface area (Å²) in [5.74, 6) is 1.38. The van der Waals surface area contributed by atoms with Crippen molar-refractivity contribution in [3.8, 4) is 0 Å². The molecule has 2 aromatic rings. The molecule has 0 unspecified atom stereocenters. The number of nitrogens with zero attached hydrogens (tertiary/aromatic N) is 4. The average Bonchev–Trinajstić information content (AvgIpc) is 3.39. The van der Waals surface area contributed by atoms with Gasteiger partial charge in [0.05, 0.1) is 17.9 Å². The monoisotopic (exact) mass is 355 g/mol. The van der Waals surface area contributed by atoms with Crippen molar-refractivity contribution < 1.29 is 9.53 Å². The molecular weight excluding hydrogens is 330 g/mol. The van der Waals surface area contributed by atoms with Crippen molar-refractivity contribution in [1.29, 1.82) is 0 Å². The third-order valence-electron chi connectivity index (χ3n) is 5.09. The lowest BCUT2D eigenvalue weighted by Crippen LogP contribution is -2.29. The van der Waals surface area contributed by atoms with E-state index in [4.69, 9.17) is 4.74 Å². The summed E-state index contributed by atoms with van der Waals surface area (Å²) in [6, 6.07) is 0. The largest absolute Gasteiger partial charge is 0.369 e. The van der Waals surface area contributed by atoms with E-state index in [0.29, 0.717) is 31.0 Å². The van der Waals surface area contributed by atoms with Crippen LogP contribution in [-0.4, -0.2) is 38.3 Å². The Morgan fingerprint density at radius 2 is 2.04 bits per heavy atom. The van der Waals surface area contributed by atoms with Crippen LogP contribution in [0.4, 0.5) is 0 Å². The molecule has 1 saturated carbocycles. The number of hydrogen-bond acceptors (Lipinski definition) is 5. The van der Waals surface area contributed by atoms with Gasteiger partial charge >= 0.3 is 0 Å². The molecule has 2 aliphatic rings. The molecule has 0 aromatic carbocycles. The molecule has 1 aliphatic carbocycles. The smallest absolute Gasteiger partial charge is 0.272 e. The Bertz CT molecular complexity index is 810. The lowest BCUT2D eigenvalue weighted by Gasteiger charge is -2.26. The topological polar surface area (TPSA) is 81.9 Å². The minimum absolute atomic E-state index is 0.0464. The van der Waals surface area contributed by atoms with Crippen molar-refractivity contribution in [2.75, 3.05) is 6.54 Å². The van der Waals surface area contributed by atoms with Gasteiger partial charge in [-0.3, -0.25) is 9.48 Å². The number of aromatic nitrogens is 4. The van der Waals surface area contributed by atoms with Crippen LogP contribution in [0, 0.1) is 0 Å². The molecule has 0 bridgehead atoms. The summed E-state index contributed by atoms with van der Waals surface area (Å²) < 4.78 is 7.62. The fourth-order valence-corrected chi connectivity index (χ4v) is 3.67. The van der Waals surface area contributed by atoms with Gasteiger partial charge in [0, 0.05) is 43.9 Å². The molecule has 4 rings (SSSR count). The SMILES string of the molecule is C[C@@H]1Cc2c(C(=O)NCCc3cnc(C4CC4)nc3)nn(C)c2[C@H](C)O1. The number of fused-ring (bicyclic) bond motifs is 1. The Morgan fingerprint density at radius 1 is 1.31 bits per heavy atom. The Hall–Kier alpha value is -2.28. The van der Waals surface area contributed by atoms with E-state index in [-0.39, 0.29) is 18.1 Å². The van der Waals surface area contributed by atoms with Gasteiger partial charge in [-0.05, 0) is 38.7 Å². The number of amides is 1. The molecule has 0 saturated heterocycles. The van der Waals surface area contributed by atoms with E-state index in [9.17, 15) is 4.79 Å². The van der Waals surface area contributed by atoms with Crippen LogP contribution in [-0.2, 0) is 24.6 Å². The summed E-state index contributed by atoms with van der Waals surface area (Å²) in [6.07, 6.45) is 7.61. The molecule has 1 amide bonds. The molecule has 2 aromatic heterocycles. The third kappa shape index (κ3) is 3.35. The molecule has 0 spiro atoms. The first-order valence-electron chi connectivity index (χ1n) is 9.33. The number of hydrogen-bond donors (Lipinski definition) is 1. The van der Waals surface area contributed by atoms with Gasteiger partial charge in [0.15, 0.2) is 5.69 Å². The Morgan fingerprint density at radius 3 is 2.73 bits per heavy atom. The summed E-state index contributed by atoms with van der Waals surface area (Å²) in [5.41, 5.74) is 3.56. The minimum atomic E-state index is -0.126. The Balaban J connectivity index is 1.38. The third-order valence-corrected chi connectivity index (χ3v) is 5.09. The van der Waals surface area contributed by atoms with Crippen LogP contribution < -0.4 is 5.32 Å². The number of carbonyl (C=O) groups is 1. The van der Waals surface area contributed by atoms with E-state index in [1.54, 1.807) is 4.68 Å². The minimum Gasteiger partial charge on any atom is -0.369 e. The van der Waals surface area contributed by atoms with Crippen molar-refractivity contribution in [2.45, 2.75) is 57.7 Å². The Labute approximate surface area is 153 Å².